The van der Waals surface area contributed by atoms with Crippen molar-refractivity contribution in [1.29, 1.82) is 0 Å². The molecule has 100 valence electrons. The van der Waals surface area contributed by atoms with Crippen molar-refractivity contribution in [3.8, 4) is 0 Å². The van der Waals surface area contributed by atoms with E-state index in [2.05, 4.69) is 30.8 Å². The molecular weight excluding hydrogens is 250 g/mol. The molecule has 1 aromatic carbocycles. The largest absolute Gasteiger partial charge is 0.370 e. The van der Waals surface area contributed by atoms with Crippen LogP contribution in [0.4, 0.5) is 5.69 Å². The van der Waals surface area contributed by atoms with Crippen molar-refractivity contribution in [3.63, 3.8) is 0 Å². The van der Waals surface area contributed by atoms with Crippen molar-refractivity contribution in [2.75, 3.05) is 0 Å². The Hall–Kier alpha value is -1.75. The van der Waals surface area contributed by atoms with Gasteiger partial charge in [0.1, 0.15) is 0 Å². The van der Waals surface area contributed by atoms with E-state index in [0.717, 1.165) is 11.3 Å². The number of hydrogen-bond acceptors (Lipinski definition) is 1. The molecule has 18 heavy (non-hydrogen) atoms. The minimum atomic E-state index is -0.0977. The van der Waals surface area contributed by atoms with Gasteiger partial charge in [0.25, 0.3) is 0 Å². The second-order valence-electron chi connectivity index (χ2n) is 4.77. The molecule has 0 unspecified atom stereocenters. The fourth-order valence-corrected chi connectivity index (χ4v) is 1.49. The summed E-state index contributed by atoms with van der Waals surface area (Å²) in [4.78, 5) is 7.91. The highest BCUT2D eigenvalue weighted by Gasteiger charge is 2.17. The lowest BCUT2D eigenvalue weighted by Crippen LogP contribution is -2.26. The SMILES string of the molecule is CC(C)(C)c1ccccc1N=C(N)N=C(N)N.Cl. The zero-order valence-electron chi connectivity index (χ0n) is 10.8. The Morgan fingerprint density at radius 1 is 1.06 bits per heavy atom. The summed E-state index contributed by atoms with van der Waals surface area (Å²) in [6.07, 6.45) is 0. The fraction of sp³-hybridized carbons (Fsp3) is 0.333. The second-order valence-corrected chi connectivity index (χ2v) is 4.77. The Morgan fingerprint density at radius 3 is 2.11 bits per heavy atom. The van der Waals surface area contributed by atoms with Crippen LogP contribution in [0.2, 0.25) is 0 Å². The monoisotopic (exact) mass is 269 g/mol. The van der Waals surface area contributed by atoms with Crippen molar-refractivity contribution >= 4 is 30.0 Å². The first kappa shape index (κ1) is 16.2. The Balaban J connectivity index is 0.00000289. The average Bonchev–Trinajstić information content (AvgIpc) is 2.15. The predicted molar refractivity (Wildman–Crippen MR) is 79.5 cm³/mol. The number of hydrogen-bond donors (Lipinski definition) is 3. The van der Waals surface area contributed by atoms with E-state index in [0.29, 0.717) is 0 Å². The number of halogens is 1. The third kappa shape index (κ3) is 4.63. The van der Waals surface area contributed by atoms with Crippen LogP contribution in [0.15, 0.2) is 34.3 Å². The molecule has 0 bridgehead atoms. The third-order valence-corrected chi connectivity index (χ3v) is 2.19. The van der Waals surface area contributed by atoms with E-state index < -0.39 is 0 Å². The van der Waals surface area contributed by atoms with Crippen LogP contribution in [0.1, 0.15) is 26.3 Å². The maximum absolute atomic E-state index is 5.62. The first-order valence-corrected chi connectivity index (χ1v) is 5.34. The van der Waals surface area contributed by atoms with E-state index in [4.69, 9.17) is 17.2 Å². The van der Waals surface area contributed by atoms with Crippen LogP contribution in [-0.4, -0.2) is 11.9 Å². The molecule has 0 radical (unpaired) electrons. The van der Waals surface area contributed by atoms with E-state index in [1.165, 1.54) is 0 Å². The number of nitrogens with zero attached hydrogens (tertiary/aromatic N) is 2. The number of guanidine groups is 2. The van der Waals surface area contributed by atoms with E-state index in [9.17, 15) is 0 Å². The topological polar surface area (TPSA) is 103 Å². The first-order chi connectivity index (χ1) is 7.80. The number of aliphatic imine (C=N–C) groups is 2. The number of benzene rings is 1. The van der Waals surface area contributed by atoms with Gasteiger partial charge in [-0.2, -0.15) is 4.99 Å². The first-order valence-electron chi connectivity index (χ1n) is 5.34. The van der Waals surface area contributed by atoms with E-state index >= 15 is 0 Å². The molecule has 1 aromatic rings. The lowest BCUT2D eigenvalue weighted by molar-refractivity contribution is 0.591. The lowest BCUT2D eigenvalue weighted by Gasteiger charge is -2.20. The summed E-state index contributed by atoms with van der Waals surface area (Å²) >= 11 is 0. The van der Waals surface area contributed by atoms with Crippen molar-refractivity contribution in [1.82, 2.24) is 0 Å². The highest BCUT2D eigenvalue weighted by atomic mass is 35.5. The lowest BCUT2D eigenvalue weighted by atomic mass is 9.86. The summed E-state index contributed by atoms with van der Waals surface area (Å²) in [5.41, 5.74) is 18.0. The highest BCUT2D eigenvalue weighted by Crippen LogP contribution is 2.31. The number of para-hydroxylation sites is 1. The number of rotatable bonds is 1. The summed E-state index contributed by atoms with van der Waals surface area (Å²) in [6.45, 7) is 6.33. The molecular formula is C12H20ClN5. The summed E-state index contributed by atoms with van der Waals surface area (Å²) in [5.74, 6) is -0.0406. The molecule has 0 heterocycles. The van der Waals surface area contributed by atoms with Gasteiger partial charge in [0.15, 0.2) is 5.96 Å². The molecule has 0 aliphatic heterocycles. The molecule has 0 saturated heterocycles. The average molecular weight is 270 g/mol. The van der Waals surface area contributed by atoms with E-state index in [1.807, 2.05) is 24.3 Å². The summed E-state index contributed by atoms with van der Waals surface area (Å²) in [6, 6.07) is 7.77. The standard InChI is InChI=1S/C12H19N5.ClH/c1-12(2,3)8-6-4-5-7-9(8)16-11(15)17-10(13)14;/h4-7H,1-3H3,(H6,13,14,15,16,17);1H. The van der Waals surface area contributed by atoms with Crippen LogP contribution in [0.5, 0.6) is 0 Å². The summed E-state index contributed by atoms with van der Waals surface area (Å²) < 4.78 is 0. The maximum Gasteiger partial charge on any atom is 0.223 e. The normalized spacial score (nSPS) is 11.6. The minimum Gasteiger partial charge on any atom is -0.370 e. The van der Waals surface area contributed by atoms with Crippen LogP contribution >= 0.6 is 12.4 Å². The Labute approximate surface area is 114 Å². The van der Waals surface area contributed by atoms with Gasteiger partial charge in [-0.3, -0.25) is 0 Å². The zero-order chi connectivity index (χ0) is 13.1. The van der Waals surface area contributed by atoms with Crippen molar-refractivity contribution in [2.24, 2.45) is 27.2 Å². The second kappa shape index (κ2) is 6.26. The molecule has 0 atom stereocenters. The van der Waals surface area contributed by atoms with Crippen LogP contribution in [0.3, 0.4) is 0 Å². The van der Waals surface area contributed by atoms with Crippen molar-refractivity contribution in [3.05, 3.63) is 29.8 Å². The molecule has 0 spiro atoms. The Kier molecular flexibility index (Phi) is 5.65. The predicted octanol–water partition coefficient (Wildman–Crippen LogP) is 1.63. The highest BCUT2D eigenvalue weighted by molar-refractivity contribution is 5.93. The zero-order valence-corrected chi connectivity index (χ0v) is 11.7. The smallest absolute Gasteiger partial charge is 0.223 e. The quantitative estimate of drug-likeness (QED) is 0.533. The maximum atomic E-state index is 5.62. The minimum absolute atomic E-state index is 0. The van der Waals surface area contributed by atoms with Gasteiger partial charge in [-0.1, -0.05) is 39.0 Å². The van der Waals surface area contributed by atoms with Gasteiger partial charge < -0.3 is 17.2 Å². The Bertz CT molecular complexity index is 456. The van der Waals surface area contributed by atoms with Crippen LogP contribution in [-0.2, 0) is 5.41 Å². The van der Waals surface area contributed by atoms with Crippen molar-refractivity contribution in [2.45, 2.75) is 26.2 Å². The van der Waals surface area contributed by atoms with Gasteiger partial charge >= 0.3 is 0 Å². The molecule has 0 saturated carbocycles. The molecule has 0 aliphatic rings. The van der Waals surface area contributed by atoms with Gasteiger partial charge in [-0.25, -0.2) is 4.99 Å². The molecule has 1 rings (SSSR count). The third-order valence-electron chi connectivity index (χ3n) is 2.19. The van der Waals surface area contributed by atoms with Crippen LogP contribution in [0, 0.1) is 0 Å². The molecule has 5 nitrogen and oxygen atoms in total. The van der Waals surface area contributed by atoms with Gasteiger partial charge in [0.05, 0.1) is 5.69 Å². The van der Waals surface area contributed by atoms with Crippen LogP contribution < -0.4 is 17.2 Å². The molecule has 6 N–H and O–H groups in total. The summed E-state index contributed by atoms with van der Waals surface area (Å²) in [7, 11) is 0. The van der Waals surface area contributed by atoms with Crippen LogP contribution in [0.25, 0.3) is 0 Å². The van der Waals surface area contributed by atoms with E-state index in [1.54, 1.807) is 0 Å². The fourth-order valence-electron chi connectivity index (χ4n) is 1.49. The molecule has 0 amide bonds. The van der Waals surface area contributed by atoms with E-state index in [-0.39, 0.29) is 29.7 Å². The molecule has 0 fully saturated rings. The Morgan fingerprint density at radius 2 is 1.61 bits per heavy atom. The summed E-state index contributed by atoms with van der Waals surface area (Å²) in [5, 5.41) is 0. The van der Waals surface area contributed by atoms with Crippen molar-refractivity contribution < 1.29 is 0 Å². The van der Waals surface area contributed by atoms with Gasteiger partial charge in [0, 0.05) is 0 Å². The van der Waals surface area contributed by atoms with Gasteiger partial charge in [0.2, 0.25) is 5.96 Å². The molecule has 0 aliphatic carbocycles. The van der Waals surface area contributed by atoms with Gasteiger partial charge in [-0.05, 0) is 17.0 Å². The number of nitrogens with two attached hydrogens (primary N) is 3. The molecule has 0 aromatic heterocycles. The van der Waals surface area contributed by atoms with Gasteiger partial charge in [-0.15, -0.1) is 12.4 Å². The molecule has 6 heteroatoms.